The molecule has 0 fully saturated rings. The van der Waals surface area contributed by atoms with Gasteiger partial charge in [-0.1, -0.05) is 13.0 Å². The molecule has 19 heavy (non-hydrogen) atoms. The number of aromatic nitrogens is 3. The minimum absolute atomic E-state index is 0.251. The van der Waals surface area contributed by atoms with Crippen LogP contribution < -0.4 is 5.32 Å². The number of anilines is 1. The molecular weight excluding hydrogens is 236 g/mol. The molecule has 2 heterocycles. The van der Waals surface area contributed by atoms with E-state index in [1.807, 2.05) is 24.7 Å². The van der Waals surface area contributed by atoms with E-state index in [4.69, 9.17) is 0 Å². The molecule has 0 radical (unpaired) electrons. The van der Waals surface area contributed by atoms with Crippen molar-refractivity contribution < 1.29 is 0 Å². The molecule has 0 aliphatic carbocycles. The second-order valence-corrected chi connectivity index (χ2v) is 4.78. The number of pyridine rings is 1. The van der Waals surface area contributed by atoms with E-state index in [9.17, 15) is 0 Å². The topological polar surface area (TPSA) is 50.7 Å². The Morgan fingerprint density at radius 2 is 1.95 bits per heavy atom. The van der Waals surface area contributed by atoms with Gasteiger partial charge in [0, 0.05) is 36.7 Å². The van der Waals surface area contributed by atoms with Crippen LogP contribution in [0.4, 0.5) is 5.95 Å². The highest BCUT2D eigenvalue weighted by atomic mass is 15.1. The number of hydrogen-bond donors (Lipinski definition) is 1. The van der Waals surface area contributed by atoms with Gasteiger partial charge in [-0.2, -0.15) is 0 Å². The van der Waals surface area contributed by atoms with Gasteiger partial charge in [-0.25, -0.2) is 9.97 Å². The molecule has 4 heteroatoms. The molecule has 1 atom stereocenters. The molecule has 100 valence electrons. The number of nitrogens with one attached hydrogen (secondary N) is 1. The van der Waals surface area contributed by atoms with Crippen molar-refractivity contribution in [3.05, 3.63) is 47.5 Å². The summed E-state index contributed by atoms with van der Waals surface area (Å²) in [5.74, 6) is 0.679. The Balaban J connectivity index is 1.97. The van der Waals surface area contributed by atoms with Crippen molar-refractivity contribution >= 4 is 5.95 Å². The van der Waals surface area contributed by atoms with Gasteiger partial charge in [0.25, 0.3) is 0 Å². The van der Waals surface area contributed by atoms with Crippen LogP contribution in [0.5, 0.6) is 0 Å². The van der Waals surface area contributed by atoms with Crippen molar-refractivity contribution in [2.24, 2.45) is 0 Å². The van der Waals surface area contributed by atoms with E-state index in [-0.39, 0.29) is 6.04 Å². The van der Waals surface area contributed by atoms with Crippen LogP contribution in [0.1, 0.15) is 30.7 Å². The quantitative estimate of drug-likeness (QED) is 0.893. The van der Waals surface area contributed by atoms with Crippen molar-refractivity contribution in [3.8, 4) is 0 Å². The average Bonchev–Trinajstić information content (AvgIpc) is 2.42. The van der Waals surface area contributed by atoms with Crippen molar-refractivity contribution in [2.45, 2.75) is 39.7 Å². The van der Waals surface area contributed by atoms with Gasteiger partial charge in [-0.05, 0) is 37.5 Å². The van der Waals surface area contributed by atoms with Gasteiger partial charge in [0.15, 0.2) is 0 Å². The average molecular weight is 256 g/mol. The van der Waals surface area contributed by atoms with E-state index >= 15 is 0 Å². The Labute approximate surface area is 114 Å². The normalized spacial score (nSPS) is 12.2. The molecule has 4 nitrogen and oxygen atoms in total. The summed E-state index contributed by atoms with van der Waals surface area (Å²) in [6.07, 6.45) is 7.40. The fraction of sp³-hybridized carbons (Fsp3) is 0.400. The first-order chi connectivity index (χ1) is 9.19. The second kappa shape index (κ2) is 6.27. The first-order valence-corrected chi connectivity index (χ1v) is 6.67. The van der Waals surface area contributed by atoms with Crippen LogP contribution in [0, 0.1) is 6.92 Å². The van der Waals surface area contributed by atoms with Crippen LogP contribution in [0.2, 0.25) is 0 Å². The summed E-state index contributed by atoms with van der Waals surface area (Å²) < 4.78 is 0. The highest BCUT2D eigenvalue weighted by Crippen LogP contribution is 2.09. The molecule has 0 aliphatic heterocycles. The van der Waals surface area contributed by atoms with Crippen molar-refractivity contribution in [1.29, 1.82) is 0 Å². The summed E-state index contributed by atoms with van der Waals surface area (Å²) in [5, 5.41) is 3.31. The lowest BCUT2D eigenvalue weighted by atomic mass is 10.1. The van der Waals surface area contributed by atoms with Crippen molar-refractivity contribution in [2.75, 3.05) is 5.32 Å². The molecule has 0 saturated heterocycles. The van der Waals surface area contributed by atoms with Crippen LogP contribution >= 0.6 is 0 Å². The van der Waals surface area contributed by atoms with E-state index in [2.05, 4.69) is 47.1 Å². The smallest absolute Gasteiger partial charge is 0.222 e. The number of aryl methyl sites for hydroxylation is 2. The van der Waals surface area contributed by atoms with Gasteiger partial charge >= 0.3 is 0 Å². The third kappa shape index (κ3) is 3.74. The van der Waals surface area contributed by atoms with Gasteiger partial charge in [0.05, 0.1) is 0 Å². The summed E-state index contributed by atoms with van der Waals surface area (Å²) in [6, 6.07) is 4.30. The second-order valence-electron chi connectivity index (χ2n) is 4.78. The number of rotatable bonds is 5. The van der Waals surface area contributed by atoms with Crippen molar-refractivity contribution in [3.63, 3.8) is 0 Å². The van der Waals surface area contributed by atoms with Crippen LogP contribution in [0.25, 0.3) is 0 Å². The molecular formula is C15H20N4. The minimum Gasteiger partial charge on any atom is -0.351 e. The molecule has 0 aromatic carbocycles. The maximum absolute atomic E-state index is 4.41. The van der Waals surface area contributed by atoms with Gasteiger partial charge in [0.1, 0.15) is 0 Å². The predicted octanol–water partition coefficient (Wildman–Crippen LogP) is 2.79. The fourth-order valence-corrected chi connectivity index (χ4v) is 1.91. The molecule has 2 aromatic heterocycles. The van der Waals surface area contributed by atoms with E-state index in [0.29, 0.717) is 5.95 Å². The van der Waals surface area contributed by atoms with Crippen molar-refractivity contribution in [1.82, 2.24) is 15.0 Å². The zero-order chi connectivity index (χ0) is 13.7. The summed E-state index contributed by atoms with van der Waals surface area (Å²) in [7, 11) is 0. The summed E-state index contributed by atoms with van der Waals surface area (Å²) in [5.41, 5.74) is 3.49. The lowest BCUT2D eigenvalue weighted by Crippen LogP contribution is -2.20. The Morgan fingerprint density at radius 1 is 1.21 bits per heavy atom. The zero-order valence-corrected chi connectivity index (χ0v) is 11.7. The van der Waals surface area contributed by atoms with E-state index < -0.39 is 0 Å². The summed E-state index contributed by atoms with van der Waals surface area (Å²) >= 11 is 0. The first-order valence-electron chi connectivity index (χ1n) is 6.67. The standard InChI is InChI=1S/C15H20N4/c1-4-13-9-17-15(18-10-13)19-12(3)8-14-11(2)6-5-7-16-14/h5-7,9-10,12H,4,8H2,1-3H3,(H,17,18,19). The first kappa shape index (κ1) is 13.5. The minimum atomic E-state index is 0.251. The molecule has 0 aliphatic rings. The van der Waals surface area contributed by atoms with Crippen LogP contribution in [-0.4, -0.2) is 21.0 Å². The zero-order valence-electron chi connectivity index (χ0n) is 11.7. The van der Waals surface area contributed by atoms with E-state index in [0.717, 1.165) is 24.1 Å². The maximum Gasteiger partial charge on any atom is 0.222 e. The highest BCUT2D eigenvalue weighted by Gasteiger charge is 2.08. The fourth-order valence-electron chi connectivity index (χ4n) is 1.91. The molecule has 0 spiro atoms. The third-order valence-electron chi connectivity index (χ3n) is 3.11. The molecule has 2 rings (SSSR count). The van der Waals surface area contributed by atoms with Crippen LogP contribution in [-0.2, 0) is 12.8 Å². The molecule has 0 saturated carbocycles. The van der Waals surface area contributed by atoms with Crippen LogP contribution in [0.15, 0.2) is 30.7 Å². The molecule has 1 N–H and O–H groups in total. The molecule has 0 amide bonds. The Morgan fingerprint density at radius 3 is 2.58 bits per heavy atom. The lowest BCUT2D eigenvalue weighted by molar-refractivity contribution is 0.753. The Bertz CT molecular complexity index is 522. The predicted molar refractivity (Wildman–Crippen MR) is 77.2 cm³/mol. The van der Waals surface area contributed by atoms with Gasteiger partial charge < -0.3 is 5.32 Å². The number of nitrogens with zero attached hydrogens (tertiary/aromatic N) is 3. The summed E-state index contributed by atoms with van der Waals surface area (Å²) in [4.78, 5) is 13.0. The van der Waals surface area contributed by atoms with Crippen LogP contribution in [0.3, 0.4) is 0 Å². The molecule has 2 aromatic rings. The Kier molecular flexibility index (Phi) is 4.44. The van der Waals surface area contributed by atoms with E-state index in [1.54, 1.807) is 0 Å². The SMILES string of the molecule is CCc1cnc(NC(C)Cc2ncccc2C)nc1. The molecule has 0 bridgehead atoms. The third-order valence-corrected chi connectivity index (χ3v) is 3.11. The maximum atomic E-state index is 4.41. The van der Waals surface area contributed by atoms with E-state index in [1.165, 1.54) is 5.56 Å². The van der Waals surface area contributed by atoms with Gasteiger partial charge in [-0.3, -0.25) is 4.98 Å². The number of hydrogen-bond acceptors (Lipinski definition) is 4. The molecule has 1 unspecified atom stereocenters. The largest absolute Gasteiger partial charge is 0.351 e. The lowest BCUT2D eigenvalue weighted by Gasteiger charge is -2.14. The monoisotopic (exact) mass is 256 g/mol. The van der Waals surface area contributed by atoms with Gasteiger partial charge in [-0.15, -0.1) is 0 Å². The summed E-state index contributed by atoms with van der Waals surface area (Å²) in [6.45, 7) is 6.30. The Hall–Kier alpha value is -1.97. The van der Waals surface area contributed by atoms with Gasteiger partial charge in [0.2, 0.25) is 5.95 Å². The highest BCUT2D eigenvalue weighted by molar-refractivity contribution is 5.28.